The smallest absolute Gasteiger partial charge is 0.135 e. The highest BCUT2D eigenvalue weighted by Gasteiger charge is 2.36. The van der Waals surface area contributed by atoms with Crippen molar-refractivity contribution in [1.82, 2.24) is 0 Å². The summed E-state index contributed by atoms with van der Waals surface area (Å²) in [6.45, 7) is 13.8. The maximum absolute atomic E-state index is 6.50. The fourth-order valence-electron chi connectivity index (χ4n) is 11.7. The van der Waals surface area contributed by atoms with Crippen LogP contribution in [0.15, 0.2) is 178 Å². The highest BCUT2D eigenvalue weighted by molar-refractivity contribution is 6.26. The topological polar surface area (TPSA) is 26.3 Å². The van der Waals surface area contributed by atoms with E-state index < -0.39 is 0 Å². The zero-order valence-electron chi connectivity index (χ0n) is 38.1. The van der Waals surface area contributed by atoms with Crippen molar-refractivity contribution < 1.29 is 8.83 Å². The average Bonchev–Trinajstić information content (AvgIpc) is 3.88. The van der Waals surface area contributed by atoms with Gasteiger partial charge in [-0.05, 0) is 158 Å². The van der Waals surface area contributed by atoms with E-state index in [0.29, 0.717) is 11.8 Å². The molecule has 0 aliphatic heterocycles. The summed E-state index contributed by atoms with van der Waals surface area (Å²) in [5, 5.41) is 12.3. The fourth-order valence-corrected chi connectivity index (χ4v) is 11.7. The molecule has 3 aliphatic carbocycles. The van der Waals surface area contributed by atoms with E-state index in [9.17, 15) is 0 Å². The van der Waals surface area contributed by atoms with Crippen LogP contribution in [-0.4, -0.2) is 0 Å². The van der Waals surface area contributed by atoms with Gasteiger partial charge in [0.2, 0.25) is 0 Å². The number of hydrogen-bond acceptors (Lipinski definition) is 2. The van der Waals surface area contributed by atoms with E-state index >= 15 is 0 Å². The number of rotatable bonds is 3. The summed E-state index contributed by atoms with van der Waals surface area (Å²) in [5.74, 6) is 0.718. The molecule has 66 heavy (non-hydrogen) atoms. The van der Waals surface area contributed by atoms with E-state index in [4.69, 9.17) is 8.83 Å². The van der Waals surface area contributed by atoms with E-state index in [-0.39, 0.29) is 10.8 Å². The highest BCUT2D eigenvalue weighted by atomic mass is 16.3. The van der Waals surface area contributed by atoms with Crippen molar-refractivity contribution in [3.05, 3.63) is 191 Å². The third-order valence-electron chi connectivity index (χ3n) is 15.2. The number of allylic oxidation sites excluding steroid dienone is 6. The molecule has 0 fully saturated rings. The van der Waals surface area contributed by atoms with Crippen LogP contribution in [-0.2, 0) is 5.41 Å². The van der Waals surface area contributed by atoms with Gasteiger partial charge >= 0.3 is 0 Å². The molecule has 3 aliphatic rings. The molecular weight excluding hydrogens is 801 g/mol. The van der Waals surface area contributed by atoms with Gasteiger partial charge in [-0.15, -0.1) is 0 Å². The lowest BCUT2D eigenvalue weighted by molar-refractivity contribution is 0.499. The minimum absolute atomic E-state index is 0.0790. The summed E-state index contributed by atoms with van der Waals surface area (Å²) >= 11 is 0. The van der Waals surface area contributed by atoms with Gasteiger partial charge in [-0.25, -0.2) is 0 Å². The van der Waals surface area contributed by atoms with Gasteiger partial charge in [0, 0.05) is 33.4 Å². The predicted molar refractivity (Wildman–Crippen MR) is 280 cm³/mol. The van der Waals surface area contributed by atoms with E-state index in [0.717, 1.165) is 55.0 Å². The second-order valence-corrected chi connectivity index (χ2v) is 21.3. The molecule has 0 radical (unpaired) electrons. The molecule has 2 nitrogen and oxygen atoms in total. The minimum Gasteiger partial charge on any atom is -0.456 e. The van der Waals surface area contributed by atoms with Gasteiger partial charge < -0.3 is 8.83 Å². The van der Waals surface area contributed by atoms with Crippen LogP contribution in [0.4, 0.5) is 0 Å². The Morgan fingerprint density at radius 1 is 0.439 bits per heavy atom. The van der Waals surface area contributed by atoms with Crippen LogP contribution in [0.5, 0.6) is 0 Å². The number of benzene rings is 9. The predicted octanol–water partition coefficient (Wildman–Crippen LogP) is 18.3. The van der Waals surface area contributed by atoms with Gasteiger partial charge in [-0.2, -0.15) is 0 Å². The molecule has 0 N–H and O–H groups in total. The highest BCUT2D eigenvalue weighted by Crippen LogP contribution is 2.52. The van der Waals surface area contributed by atoms with Crippen LogP contribution < -0.4 is 0 Å². The Morgan fingerprint density at radius 3 is 1.61 bits per heavy atom. The average molecular weight is 849 g/mol. The standard InChI is InChI=1S/C64H48O2/c1-63(2,3)45-27-41-9-7-35-11-19-47(49-21-13-43(29-45)59(41)61(35)49)39-17-25-57-53(33-39)51-31-37(15-23-55(51)65-57)38-16-24-56-52(32-38)54-34-40(18-26-58(54)66-56)48-20-12-36-8-10-42-28-46(64(4,5)6)30-44-14-22-50(48)62(36)60(42)44/h7-34,43,59H,1-6H3. The third kappa shape index (κ3) is 5.48. The molecule has 11 aromatic rings. The van der Waals surface area contributed by atoms with Gasteiger partial charge in [-0.1, -0.05) is 163 Å². The first-order valence-electron chi connectivity index (χ1n) is 23.5. The van der Waals surface area contributed by atoms with Crippen molar-refractivity contribution in [2.45, 2.75) is 52.9 Å². The fraction of sp³-hybridized carbons (Fsp3) is 0.156. The molecule has 9 aromatic carbocycles. The molecule has 2 atom stereocenters. The molecule has 316 valence electrons. The normalized spacial score (nSPS) is 17.0. The zero-order valence-corrected chi connectivity index (χ0v) is 38.1. The first-order valence-corrected chi connectivity index (χ1v) is 23.5. The summed E-state index contributed by atoms with van der Waals surface area (Å²) in [4.78, 5) is 0. The zero-order chi connectivity index (χ0) is 44.4. The molecule has 0 amide bonds. The Labute approximate surface area is 384 Å². The van der Waals surface area contributed by atoms with Crippen molar-refractivity contribution >= 4 is 88.3 Å². The van der Waals surface area contributed by atoms with E-state index in [2.05, 4.69) is 211 Å². The lowest BCUT2D eigenvalue weighted by Crippen LogP contribution is -2.24. The minimum atomic E-state index is 0.0790. The summed E-state index contributed by atoms with van der Waals surface area (Å²) < 4.78 is 13.0. The Hall–Kier alpha value is -7.42. The quantitative estimate of drug-likeness (QED) is 0.166. The van der Waals surface area contributed by atoms with E-state index in [1.165, 1.54) is 88.0 Å². The molecule has 14 rings (SSSR count). The molecular formula is C64H48O2. The first kappa shape index (κ1) is 37.9. The van der Waals surface area contributed by atoms with Crippen LogP contribution in [0, 0.1) is 11.3 Å². The molecule has 0 saturated heterocycles. The van der Waals surface area contributed by atoms with Gasteiger partial charge in [0.25, 0.3) is 0 Å². The van der Waals surface area contributed by atoms with Crippen molar-refractivity contribution in [2.24, 2.45) is 11.3 Å². The van der Waals surface area contributed by atoms with E-state index in [1.807, 2.05) is 0 Å². The lowest BCUT2D eigenvalue weighted by Gasteiger charge is -2.39. The number of furan rings is 2. The van der Waals surface area contributed by atoms with Crippen LogP contribution >= 0.6 is 0 Å². The lowest BCUT2D eigenvalue weighted by atomic mass is 9.65. The summed E-state index contributed by atoms with van der Waals surface area (Å²) in [5.41, 5.74) is 19.3. The molecule has 2 aromatic heterocycles. The second-order valence-electron chi connectivity index (χ2n) is 21.3. The monoisotopic (exact) mass is 848 g/mol. The summed E-state index contributed by atoms with van der Waals surface area (Å²) in [7, 11) is 0. The van der Waals surface area contributed by atoms with Crippen molar-refractivity contribution in [2.75, 3.05) is 0 Å². The van der Waals surface area contributed by atoms with Gasteiger partial charge in [0.05, 0.1) is 0 Å². The molecule has 0 spiro atoms. The van der Waals surface area contributed by atoms with Crippen molar-refractivity contribution in [3.63, 3.8) is 0 Å². The Morgan fingerprint density at radius 2 is 0.985 bits per heavy atom. The summed E-state index contributed by atoms with van der Waals surface area (Å²) in [6.07, 6.45) is 14.4. The molecule has 2 unspecified atom stereocenters. The van der Waals surface area contributed by atoms with Crippen LogP contribution in [0.1, 0.15) is 69.7 Å². The SMILES string of the molecule is CC(C)(C)C1=CC2C=Cc3c(-c4ccc5oc6ccc(-c7ccc8oc9ccc(-c%10ccc%11ccc%12cc(C(C)(C)C)cc%13ccc%10c%11c%12%13)cc9c8c7)cc6c5c4)ccc4c3C2C(=C1)C=C4. The Kier molecular flexibility index (Phi) is 7.53. The Balaban J connectivity index is 0.852. The van der Waals surface area contributed by atoms with Crippen LogP contribution in [0.25, 0.3) is 122 Å². The second kappa shape index (κ2) is 13.1. The summed E-state index contributed by atoms with van der Waals surface area (Å²) in [6, 6.07) is 49.9. The maximum atomic E-state index is 6.50. The van der Waals surface area contributed by atoms with Crippen molar-refractivity contribution in [1.29, 1.82) is 0 Å². The number of fused-ring (bicyclic) bond motifs is 6. The van der Waals surface area contributed by atoms with Gasteiger partial charge in [0.1, 0.15) is 22.3 Å². The maximum Gasteiger partial charge on any atom is 0.135 e. The largest absolute Gasteiger partial charge is 0.456 e. The molecule has 0 bridgehead atoms. The van der Waals surface area contributed by atoms with Crippen LogP contribution in [0.2, 0.25) is 0 Å². The molecule has 2 heterocycles. The van der Waals surface area contributed by atoms with Gasteiger partial charge in [0.15, 0.2) is 0 Å². The number of hydrogen-bond donors (Lipinski definition) is 0. The van der Waals surface area contributed by atoms with Crippen molar-refractivity contribution in [3.8, 4) is 33.4 Å². The first-order chi connectivity index (χ1) is 31.9. The third-order valence-corrected chi connectivity index (χ3v) is 15.2. The van der Waals surface area contributed by atoms with Crippen LogP contribution in [0.3, 0.4) is 0 Å². The Bertz CT molecular complexity index is 4050. The molecule has 0 saturated carbocycles. The molecule has 2 heteroatoms. The van der Waals surface area contributed by atoms with Gasteiger partial charge in [-0.3, -0.25) is 0 Å². The van der Waals surface area contributed by atoms with E-state index in [1.54, 1.807) is 0 Å².